The van der Waals surface area contributed by atoms with E-state index in [1.807, 2.05) is 13.0 Å². The third-order valence-electron chi connectivity index (χ3n) is 2.79. The number of halogens is 1. The van der Waals surface area contributed by atoms with Gasteiger partial charge in [0.2, 0.25) is 0 Å². The molecule has 21 heavy (non-hydrogen) atoms. The Morgan fingerprint density at radius 1 is 1.29 bits per heavy atom. The number of nitrogens with one attached hydrogen (secondary N) is 1. The quantitative estimate of drug-likeness (QED) is 0.652. The number of hydrogen-bond donors (Lipinski definition) is 2. The van der Waals surface area contributed by atoms with Crippen LogP contribution >= 0.6 is 15.9 Å². The third-order valence-corrected chi connectivity index (χ3v) is 3.45. The molecule has 0 aliphatic carbocycles. The number of phenols is 1. The number of phenolic OH excluding ortho intramolecular Hbond substituents is 1. The first-order chi connectivity index (χ1) is 9.88. The maximum absolute atomic E-state index is 12.2. The number of amides is 1. The minimum atomic E-state index is -0.668. The lowest BCUT2D eigenvalue weighted by Gasteiger charge is -2.08. The van der Waals surface area contributed by atoms with Gasteiger partial charge in [-0.2, -0.15) is 0 Å². The van der Waals surface area contributed by atoms with Gasteiger partial charge in [0.1, 0.15) is 11.3 Å². The highest BCUT2D eigenvalue weighted by atomic mass is 79.9. The van der Waals surface area contributed by atoms with Crippen LogP contribution in [0.4, 0.5) is 11.4 Å². The van der Waals surface area contributed by atoms with Crippen LogP contribution in [-0.4, -0.2) is 15.9 Å². The zero-order chi connectivity index (χ0) is 15.6. The van der Waals surface area contributed by atoms with Crippen LogP contribution in [-0.2, 0) is 0 Å². The lowest BCUT2D eigenvalue weighted by atomic mass is 10.1. The lowest BCUT2D eigenvalue weighted by Crippen LogP contribution is -2.14. The van der Waals surface area contributed by atoms with Crippen molar-refractivity contribution in [1.29, 1.82) is 0 Å². The number of carbonyl (C=O) groups is 1. The molecule has 2 aromatic rings. The number of hydrogen-bond acceptors (Lipinski definition) is 4. The van der Waals surface area contributed by atoms with Crippen LogP contribution in [0.25, 0.3) is 0 Å². The number of rotatable bonds is 3. The number of nitrogens with zero attached hydrogens (tertiary/aromatic N) is 1. The molecule has 2 N–H and O–H groups in total. The second-order valence-corrected chi connectivity index (χ2v) is 5.25. The SMILES string of the molecule is Cc1ccc(NC(=O)c2cc(O)ccc2[N+](=O)[O-])c(Br)c1. The Morgan fingerprint density at radius 2 is 2.00 bits per heavy atom. The van der Waals surface area contributed by atoms with Gasteiger partial charge in [-0.15, -0.1) is 0 Å². The maximum atomic E-state index is 12.2. The van der Waals surface area contributed by atoms with Crippen molar-refractivity contribution in [3.05, 3.63) is 62.1 Å². The van der Waals surface area contributed by atoms with Crippen LogP contribution < -0.4 is 5.32 Å². The van der Waals surface area contributed by atoms with Crippen molar-refractivity contribution >= 4 is 33.2 Å². The molecule has 0 heterocycles. The summed E-state index contributed by atoms with van der Waals surface area (Å²) in [6.45, 7) is 1.90. The molecule has 2 aromatic carbocycles. The standard InChI is InChI=1S/C14H11BrN2O4/c1-8-2-4-12(11(15)6-8)16-14(19)10-7-9(18)3-5-13(10)17(20)21/h2-7,18H,1H3,(H,16,19). The Balaban J connectivity index is 2.36. The average Bonchev–Trinajstić information content (AvgIpc) is 2.41. The molecule has 0 spiro atoms. The number of benzene rings is 2. The van der Waals surface area contributed by atoms with Crippen molar-refractivity contribution in [2.24, 2.45) is 0 Å². The fourth-order valence-electron chi connectivity index (χ4n) is 1.78. The Hall–Kier alpha value is -2.41. The van der Waals surface area contributed by atoms with Crippen molar-refractivity contribution in [3.63, 3.8) is 0 Å². The lowest BCUT2D eigenvalue weighted by molar-refractivity contribution is -0.385. The van der Waals surface area contributed by atoms with Crippen LogP contribution in [0, 0.1) is 17.0 Å². The van der Waals surface area contributed by atoms with Gasteiger partial charge in [0.15, 0.2) is 0 Å². The van der Waals surface area contributed by atoms with Crippen LogP contribution in [0.15, 0.2) is 40.9 Å². The molecular formula is C14H11BrN2O4. The smallest absolute Gasteiger partial charge is 0.282 e. The predicted molar refractivity (Wildman–Crippen MR) is 81.6 cm³/mol. The maximum Gasteiger partial charge on any atom is 0.282 e. The van der Waals surface area contributed by atoms with E-state index in [4.69, 9.17) is 0 Å². The number of aromatic hydroxyl groups is 1. The van der Waals surface area contributed by atoms with Gasteiger partial charge in [-0.05, 0) is 52.7 Å². The Bertz CT molecular complexity index is 731. The third kappa shape index (κ3) is 3.38. The van der Waals surface area contributed by atoms with Crippen molar-refractivity contribution in [2.45, 2.75) is 6.92 Å². The zero-order valence-corrected chi connectivity index (χ0v) is 12.5. The Kier molecular flexibility index (Phi) is 4.23. The van der Waals surface area contributed by atoms with Crippen molar-refractivity contribution in [3.8, 4) is 5.75 Å². The summed E-state index contributed by atoms with van der Waals surface area (Å²) in [5.41, 5.74) is 0.924. The molecule has 0 atom stereocenters. The minimum absolute atomic E-state index is 0.201. The van der Waals surface area contributed by atoms with Gasteiger partial charge in [0.25, 0.3) is 11.6 Å². The normalized spacial score (nSPS) is 10.2. The summed E-state index contributed by atoms with van der Waals surface area (Å²) in [7, 11) is 0. The highest BCUT2D eigenvalue weighted by Gasteiger charge is 2.21. The molecule has 0 saturated carbocycles. The van der Waals surface area contributed by atoms with E-state index < -0.39 is 10.8 Å². The van der Waals surface area contributed by atoms with E-state index in [0.717, 1.165) is 23.8 Å². The number of aryl methyl sites for hydroxylation is 1. The number of carbonyl (C=O) groups excluding carboxylic acids is 1. The fraction of sp³-hybridized carbons (Fsp3) is 0.0714. The first kappa shape index (κ1) is 15.0. The molecule has 7 heteroatoms. The fourth-order valence-corrected chi connectivity index (χ4v) is 2.37. The largest absolute Gasteiger partial charge is 0.508 e. The first-order valence-corrected chi connectivity index (χ1v) is 6.72. The van der Waals surface area contributed by atoms with Crippen LogP contribution in [0.1, 0.15) is 15.9 Å². The number of nitro groups is 1. The van der Waals surface area contributed by atoms with E-state index >= 15 is 0 Å². The monoisotopic (exact) mass is 350 g/mol. The van der Waals surface area contributed by atoms with Crippen molar-refractivity contribution in [2.75, 3.05) is 5.32 Å². The van der Waals surface area contributed by atoms with E-state index in [2.05, 4.69) is 21.2 Å². The van der Waals surface area contributed by atoms with E-state index in [0.29, 0.717) is 10.2 Å². The number of anilines is 1. The van der Waals surface area contributed by atoms with E-state index in [1.165, 1.54) is 0 Å². The summed E-state index contributed by atoms with van der Waals surface area (Å²) in [6.07, 6.45) is 0. The first-order valence-electron chi connectivity index (χ1n) is 5.93. The second-order valence-electron chi connectivity index (χ2n) is 4.40. The Morgan fingerprint density at radius 3 is 2.62 bits per heavy atom. The molecule has 0 aliphatic rings. The summed E-state index contributed by atoms with van der Waals surface area (Å²) in [5, 5.41) is 22.9. The van der Waals surface area contributed by atoms with Gasteiger partial charge >= 0.3 is 0 Å². The predicted octanol–water partition coefficient (Wildman–Crippen LogP) is 3.62. The van der Waals surface area contributed by atoms with Gasteiger partial charge in [-0.25, -0.2) is 0 Å². The van der Waals surface area contributed by atoms with Gasteiger partial charge in [-0.1, -0.05) is 6.07 Å². The van der Waals surface area contributed by atoms with Crippen LogP contribution in [0.3, 0.4) is 0 Å². The summed E-state index contributed by atoms with van der Waals surface area (Å²) < 4.78 is 0.665. The van der Waals surface area contributed by atoms with Gasteiger partial charge in [-0.3, -0.25) is 14.9 Å². The van der Waals surface area contributed by atoms with Crippen LogP contribution in [0.2, 0.25) is 0 Å². The summed E-state index contributed by atoms with van der Waals surface area (Å²) in [5.74, 6) is -0.879. The molecule has 0 saturated heterocycles. The molecule has 2 rings (SSSR count). The highest BCUT2D eigenvalue weighted by Crippen LogP contribution is 2.27. The molecular weight excluding hydrogens is 340 g/mol. The molecule has 0 aromatic heterocycles. The molecule has 0 fully saturated rings. The molecule has 0 radical (unpaired) electrons. The molecule has 0 aliphatic heterocycles. The van der Waals surface area contributed by atoms with Crippen molar-refractivity contribution in [1.82, 2.24) is 0 Å². The number of nitro benzene ring substituents is 1. The molecule has 1 amide bonds. The molecule has 6 nitrogen and oxygen atoms in total. The van der Waals surface area contributed by atoms with E-state index in [-0.39, 0.29) is 17.0 Å². The summed E-state index contributed by atoms with van der Waals surface area (Å²) in [4.78, 5) is 22.4. The molecule has 108 valence electrons. The van der Waals surface area contributed by atoms with Gasteiger partial charge in [0, 0.05) is 10.5 Å². The summed E-state index contributed by atoms with van der Waals surface area (Å²) >= 11 is 3.31. The minimum Gasteiger partial charge on any atom is -0.508 e. The molecule has 0 unspecified atom stereocenters. The highest BCUT2D eigenvalue weighted by molar-refractivity contribution is 9.10. The van der Waals surface area contributed by atoms with E-state index in [9.17, 15) is 20.0 Å². The second kappa shape index (κ2) is 5.92. The zero-order valence-electron chi connectivity index (χ0n) is 11.0. The van der Waals surface area contributed by atoms with Gasteiger partial charge in [0.05, 0.1) is 10.6 Å². The van der Waals surface area contributed by atoms with Gasteiger partial charge < -0.3 is 10.4 Å². The van der Waals surface area contributed by atoms with Crippen LogP contribution in [0.5, 0.6) is 5.75 Å². The van der Waals surface area contributed by atoms with E-state index in [1.54, 1.807) is 12.1 Å². The van der Waals surface area contributed by atoms with Crippen molar-refractivity contribution < 1.29 is 14.8 Å². The Labute approximate surface area is 128 Å². The average molecular weight is 351 g/mol. The molecule has 0 bridgehead atoms. The topological polar surface area (TPSA) is 92.5 Å². The summed E-state index contributed by atoms with van der Waals surface area (Å²) in [6, 6.07) is 8.62.